The highest BCUT2D eigenvalue weighted by atomic mass is 16.2. The molecular weight excluding hydrogens is 356 g/mol. The number of amides is 1. The van der Waals surface area contributed by atoms with Crippen LogP contribution < -0.4 is 21.9 Å². The fourth-order valence-corrected chi connectivity index (χ4v) is 2.60. The number of para-hydroxylation sites is 1. The number of nitrogens with two attached hydrogens (primary N) is 1. The van der Waals surface area contributed by atoms with Gasteiger partial charge in [0.1, 0.15) is 17.7 Å². The van der Waals surface area contributed by atoms with Crippen LogP contribution in [0.5, 0.6) is 0 Å². The van der Waals surface area contributed by atoms with Gasteiger partial charge >= 0.3 is 0 Å². The largest absolute Gasteiger partial charge is 0.393 e. The summed E-state index contributed by atoms with van der Waals surface area (Å²) in [6, 6.07) is 14.7. The molecule has 138 valence electrons. The molecular formula is C19H16N8O. The van der Waals surface area contributed by atoms with Crippen LogP contribution in [-0.4, -0.2) is 25.8 Å². The number of hydrogen-bond donors (Lipinski definition) is 4. The third-order valence-electron chi connectivity index (χ3n) is 3.96. The van der Waals surface area contributed by atoms with E-state index in [9.17, 15) is 4.79 Å². The molecule has 1 amide bonds. The molecule has 0 spiro atoms. The number of pyridine rings is 2. The SMILES string of the molecule is Nc1c(NNC(=O)c2ccccn2)ncnc1Nc1cccc2cccnc12. The van der Waals surface area contributed by atoms with Gasteiger partial charge in [-0.25, -0.2) is 9.97 Å². The van der Waals surface area contributed by atoms with Crippen molar-refractivity contribution in [3.63, 3.8) is 0 Å². The standard InChI is InChI=1S/C19H16N8O/c20-15-17(25-13-8-3-5-12-6-4-10-22-16(12)13)23-11-24-18(15)26-27-19(28)14-7-1-2-9-21-14/h1-11H,20H2,(H,27,28)(H2,23,24,25,26). The summed E-state index contributed by atoms with van der Waals surface area (Å²) >= 11 is 0. The molecule has 0 aliphatic heterocycles. The number of carbonyl (C=O) groups excluding carboxylic acids is 1. The van der Waals surface area contributed by atoms with E-state index in [0.717, 1.165) is 16.6 Å². The van der Waals surface area contributed by atoms with E-state index in [1.807, 2.05) is 30.3 Å². The first-order valence-electron chi connectivity index (χ1n) is 8.41. The number of hydrogen-bond acceptors (Lipinski definition) is 8. The minimum Gasteiger partial charge on any atom is -0.393 e. The number of nitrogen functional groups attached to an aromatic ring is 1. The Kier molecular flexibility index (Phi) is 4.62. The van der Waals surface area contributed by atoms with E-state index in [4.69, 9.17) is 5.73 Å². The summed E-state index contributed by atoms with van der Waals surface area (Å²) in [6.07, 6.45) is 4.59. The molecule has 0 fully saturated rings. The van der Waals surface area contributed by atoms with E-state index in [0.29, 0.717) is 5.82 Å². The van der Waals surface area contributed by atoms with Crippen molar-refractivity contribution in [2.24, 2.45) is 0 Å². The first-order chi connectivity index (χ1) is 13.7. The Bertz CT molecular complexity index is 1130. The zero-order valence-corrected chi connectivity index (χ0v) is 14.6. The molecule has 5 N–H and O–H groups in total. The normalized spacial score (nSPS) is 10.4. The molecule has 3 aromatic heterocycles. The molecule has 0 atom stereocenters. The highest BCUT2D eigenvalue weighted by molar-refractivity contribution is 5.94. The van der Waals surface area contributed by atoms with Gasteiger partial charge in [-0.05, 0) is 24.3 Å². The number of fused-ring (bicyclic) bond motifs is 1. The predicted molar refractivity (Wildman–Crippen MR) is 107 cm³/mol. The highest BCUT2D eigenvalue weighted by Gasteiger charge is 2.12. The third-order valence-corrected chi connectivity index (χ3v) is 3.96. The number of carbonyl (C=O) groups is 1. The van der Waals surface area contributed by atoms with Crippen molar-refractivity contribution in [2.75, 3.05) is 16.5 Å². The van der Waals surface area contributed by atoms with Crippen LogP contribution in [-0.2, 0) is 0 Å². The van der Waals surface area contributed by atoms with E-state index >= 15 is 0 Å². The molecule has 0 saturated carbocycles. The van der Waals surface area contributed by atoms with Gasteiger partial charge in [0.15, 0.2) is 11.6 Å². The maximum absolute atomic E-state index is 12.1. The Hall–Kier alpha value is -4.27. The Morgan fingerprint density at radius 2 is 1.68 bits per heavy atom. The van der Waals surface area contributed by atoms with Gasteiger partial charge in [-0.1, -0.05) is 24.3 Å². The summed E-state index contributed by atoms with van der Waals surface area (Å²) in [5.74, 6) is 0.240. The van der Waals surface area contributed by atoms with Gasteiger partial charge in [0.05, 0.1) is 11.2 Å². The number of anilines is 4. The van der Waals surface area contributed by atoms with Gasteiger partial charge in [-0.3, -0.25) is 25.6 Å². The molecule has 0 radical (unpaired) electrons. The molecule has 1 aromatic carbocycles. The molecule has 4 aromatic rings. The van der Waals surface area contributed by atoms with E-state index in [2.05, 4.69) is 36.1 Å². The van der Waals surface area contributed by atoms with Crippen LogP contribution >= 0.6 is 0 Å². The number of hydrazine groups is 1. The molecule has 0 aliphatic carbocycles. The van der Waals surface area contributed by atoms with Gasteiger partial charge in [0.2, 0.25) is 0 Å². The van der Waals surface area contributed by atoms with Crippen LogP contribution in [0.15, 0.2) is 67.3 Å². The van der Waals surface area contributed by atoms with Crippen molar-refractivity contribution in [3.8, 4) is 0 Å². The zero-order chi connectivity index (χ0) is 19.3. The van der Waals surface area contributed by atoms with Crippen molar-refractivity contribution < 1.29 is 4.79 Å². The van der Waals surface area contributed by atoms with Crippen molar-refractivity contribution in [1.82, 2.24) is 25.4 Å². The molecule has 0 aliphatic rings. The van der Waals surface area contributed by atoms with E-state index in [1.54, 1.807) is 24.4 Å². The maximum Gasteiger partial charge on any atom is 0.288 e. The fraction of sp³-hybridized carbons (Fsp3) is 0. The van der Waals surface area contributed by atoms with Gasteiger partial charge in [-0.15, -0.1) is 0 Å². The van der Waals surface area contributed by atoms with Crippen LogP contribution in [0, 0.1) is 0 Å². The van der Waals surface area contributed by atoms with Crippen molar-refractivity contribution in [3.05, 3.63) is 72.9 Å². The summed E-state index contributed by atoms with van der Waals surface area (Å²) < 4.78 is 0. The lowest BCUT2D eigenvalue weighted by atomic mass is 10.2. The summed E-state index contributed by atoms with van der Waals surface area (Å²) in [6.45, 7) is 0. The van der Waals surface area contributed by atoms with Crippen LogP contribution in [0.1, 0.15) is 10.5 Å². The Labute approximate surface area is 160 Å². The summed E-state index contributed by atoms with van der Waals surface area (Å²) in [5, 5.41) is 4.16. The quantitative estimate of drug-likeness (QED) is 0.393. The molecule has 28 heavy (non-hydrogen) atoms. The van der Waals surface area contributed by atoms with Gasteiger partial charge in [0.25, 0.3) is 5.91 Å². The number of benzene rings is 1. The zero-order valence-electron chi connectivity index (χ0n) is 14.6. The fourth-order valence-electron chi connectivity index (χ4n) is 2.60. The number of aromatic nitrogens is 4. The molecule has 9 heteroatoms. The lowest BCUT2D eigenvalue weighted by Gasteiger charge is -2.13. The van der Waals surface area contributed by atoms with Crippen molar-refractivity contribution in [1.29, 1.82) is 0 Å². The molecule has 0 bridgehead atoms. The first kappa shape index (κ1) is 17.2. The summed E-state index contributed by atoms with van der Waals surface area (Å²) in [4.78, 5) is 28.7. The molecule has 9 nitrogen and oxygen atoms in total. The lowest BCUT2D eigenvalue weighted by molar-refractivity contribution is 0.0957. The second kappa shape index (κ2) is 7.54. The molecule has 0 unspecified atom stereocenters. The van der Waals surface area contributed by atoms with Crippen molar-refractivity contribution in [2.45, 2.75) is 0 Å². The Morgan fingerprint density at radius 1 is 0.857 bits per heavy atom. The minimum absolute atomic E-state index is 0.247. The average molecular weight is 372 g/mol. The van der Waals surface area contributed by atoms with Crippen LogP contribution in [0.2, 0.25) is 0 Å². The number of rotatable bonds is 5. The van der Waals surface area contributed by atoms with E-state index in [-0.39, 0.29) is 17.2 Å². The van der Waals surface area contributed by atoms with Crippen LogP contribution in [0.3, 0.4) is 0 Å². The topological polar surface area (TPSA) is 131 Å². The van der Waals surface area contributed by atoms with Gasteiger partial charge in [-0.2, -0.15) is 0 Å². The maximum atomic E-state index is 12.1. The molecule has 4 rings (SSSR count). The molecule has 3 heterocycles. The Balaban J connectivity index is 1.54. The highest BCUT2D eigenvalue weighted by Crippen LogP contribution is 2.28. The van der Waals surface area contributed by atoms with Gasteiger partial charge < -0.3 is 11.1 Å². The minimum atomic E-state index is -0.411. The second-order valence-electron chi connectivity index (χ2n) is 5.78. The lowest BCUT2D eigenvalue weighted by Crippen LogP contribution is -2.31. The predicted octanol–water partition coefficient (Wildman–Crippen LogP) is 2.50. The average Bonchev–Trinajstić information content (AvgIpc) is 2.75. The smallest absolute Gasteiger partial charge is 0.288 e. The summed E-state index contributed by atoms with van der Waals surface area (Å²) in [7, 11) is 0. The van der Waals surface area contributed by atoms with Crippen molar-refractivity contribution >= 4 is 39.8 Å². The molecule has 0 saturated heterocycles. The van der Waals surface area contributed by atoms with E-state index < -0.39 is 5.91 Å². The Morgan fingerprint density at radius 3 is 2.54 bits per heavy atom. The first-order valence-corrected chi connectivity index (χ1v) is 8.41. The van der Waals surface area contributed by atoms with Crippen LogP contribution in [0.25, 0.3) is 10.9 Å². The van der Waals surface area contributed by atoms with E-state index in [1.165, 1.54) is 12.5 Å². The second-order valence-corrected chi connectivity index (χ2v) is 5.78. The van der Waals surface area contributed by atoms with Crippen LogP contribution in [0.4, 0.5) is 23.0 Å². The van der Waals surface area contributed by atoms with Gasteiger partial charge in [0, 0.05) is 17.8 Å². The number of nitrogens with one attached hydrogen (secondary N) is 3. The monoisotopic (exact) mass is 372 g/mol. The summed E-state index contributed by atoms with van der Waals surface area (Å²) in [5.41, 5.74) is 13.4. The number of nitrogens with zero attached hydrogens (tertiary/aromatic N) is 4. The third kappa shape index (κ3) is 3.49.